The second kappa shape index (κ2) is 5.64. The number of aryl methyl sites for hydroxylation is 2. The van der Waals surface area contributed by atoms with E-state index in [2.05, 4.69) is 46.8 Å². The van der Waals surface area contributed by atoms with Crippen molar-refractivity contribution < 1.29 is 4.42 Å². The van der Waals surface area contributed by atoms with Gasteiger partial charge in [0, 0.05) is 5.69 Å². The zero-order valence-corrected chi connectivity index (χ0v) is 10.9. The van der Waals surface area contributed by atoms with Crippen LogP contribution in [0.5, 0.6) is 0 Å². The van der Waals surface area contributed by atoms with E-state index in [4.69, 9.17) is 4.42 Å². The van der Waals surface area contributed by atoms with Gasteiger partial charge in [-0.05, 0) is 43.7 Å². The van der Waals surface area contributed by atoms with Gasteiger partial charge in [0.1, 0.15) is 0 Å². The Hall–Kier alpha value is -1.88. The van der Waals surface area contributed by atoms with Crippen molar-refractivity contribution >= 4 is 11.7 Å². The average Bonchev–Trinajstić information content (AvgIpc) is 2.80. The Morgan fingerprint density at radius 1 is 1.28 bits per heavy atom. The van der Waals surface area contributed by atoms with Gasteiger partial charge in [-0.25, -0.2) is 0 Å². The first-order valence-electron chi connectivity index (χ1n) is 6.06. The quantitative estimate of drug-likeness (QED) is 0.848. The van der Waals surface area contributed by atoms with Crippen molar-refractivity contribution in [2.24, 2.45) is 0 Å². The molecule has 2 aromatic rings. The van der Waals surface area contributed by atoms with Gasteiger partial charge >= 0.3 is 6.01 Å². The maximum atomic E-state index is 5.44. The van der Waals surface area contributed by atoms with E-state index in [9.17, 15) is 0 Å². The highest BCUT2D eigenvalue weighted by Crippen LogP contribution is 2.19. The van der Waals surface area contributed by atoms with E-state index in [0.717, 1.165) is 12.1 Å². The third kappa shape index (κ3) is 2.87. The molecule has 18 heavy (non-hydrogen) atoms. The third-order valence-electron chi connectivity index (χ3n) is 2.78. The van der Waals surface area contributed by atoms with Crippen molar-refractivity contribution in [3.63, 3.8) is 0 Å². The van der Waals surface area contributed by atoms with E-state index in [1.165, 1.54) is 11.1 Å². The van der Waals surface area contributed by atoms with Gasteiger partial charge < -0.3 is 15.1 Å². The van der Waals surface area contributed by atoms with E-state index < -0.39 is 0 Å². The molecule has 0 spiro atoms. The maximum absolute atomic E-state index is 5.44. The Bertz CT molecular complexity index is 521. The Morgan fingerprint density at radius 3 is 2.83 bits per heavy atom. The highest BCUT2D eigenvalue weighted by molar-refractivity contribution is 5.54. The van der Waals surface area contributed by atoms with Crippen LogP contribution in [-0.4, -0.2) is 17.2 Å². The molecule has 0 aliphatic carbocycles. The van der Waals surface area contributed by atoms with Gasteiger partial charge in [0.25, 0.3) is 0 Å². The molecule has 0 aliphatic heterocycles. The molecule has 2 N–H and O–H groups in total. The normalized spacial score (nSPS) is 10.6. The minimum absolute atomic E-state index is 0.422. The summed E-state index contributed by atoms with van der Waals surface area (Å²) in [5.41, 5.74) is 3.58. The fourth-order valence-electron chi connectivity index (χ4n) is 1.78. The predicted molar refractivity (Wildman–Crippen MR) is 70.9 cm³/mol. The van der Waals surface area contributed by atoms with Gasteiger partial charge in [-0.15, -0.1) is 5.10 Å². The van der Waals surface area contributed by atoms with Crippen LogP contribution in [-0.2, 0) is 13.0 Å². The first-order chi connectivity index (χ1) is 8.72. The number of nitrogens with zero attached hydrogens (tertiary/aromatic N) is 2. The summed E-state index contributed by atoms with van der Waals surface area (Å²) in [5.74, 6) is 0.572. The first kappa shape index (κ1) is 12.6. The number of hydrogen-bond acceptors (Lipinski definition) is 5. The molecule has 0 radical (unpaired) electrons. The molecule has 2 rings (SSSR count). The van der Waals surface area contributed by atoms with Crippen molar-refractivity contribution in [2.45, 2.75) is 26.8 Å². The summed E-state index contributed by atoms with van der Waals surface area (Å²) in [7, 11) is 1.84. The fourth-order valence-corrected chi connectivity index (χ4v) is 1.78. The lowest BCUT2D eigenvalue weighted by molar-refractivity contribution is 0.493. The molecule has 0 bridgehead atoms. The van der Waals surface area contributed by atoms with Gasteiger partial charge in [-0.2, -0.15) is 0 Å². The summed E-state index contributed by atoms with van der Waals surface area (Å²) in [6.07, 6.45) is 1.01. The molecule has 1 aromatic carbocycles. The summed E-state index contributed by atoms with van der Waals surface area (Å²) in [6.45, 7) is 4.83. The van der Waals surface area contributed by atoms with Crippen molar-refractivity contribution in [1.29, 1.82) is 0 Å². The second-order valence-electron chi connectivity index (χ2n) is 4.15. The Labute approximate surface area is 107 Å². The lowest BCUT2D eigenvalue weighted by Gasteiger charge is -2.06. The largest absolute Gasteiger partial charge is 0.406 e. The van der Waals surface area contributed by atoms with Gasteiger partial charge in [0.05, 0.1) is 6.54 Å². The van der Waals surface area contributed by atoms with Crippen LogP contribution in [0.2, 0.25) is 0 Å². The van der Waals surface area contributed by atoms with E-state index in [-0.39, 0.29) is 0 Å². The van der Waals surface area contributed by atoms with E-state index in [1.807, 2.05) is 13.1 Å². The molecule has 0 atom stereocenters. The molecule has 1 heterocycles. The molecular weight excluding hydrogens is 228 g/mol. The predicted octanol–water partition coefficient (Wildman–Crippen LogP) is 2.40. The molecular formula is C13H18N4O. The zero-order valence-electron chi connectivity index (χ0n) is 10.9. The minimum Gasteiger partial charge on any atom is -0.406 e. The number of hydrogen-bond donors (Lipinski definition) is 2. The Kier molecular flexibility index (Phi) is 3.94. The van der Waals surface area contributed by atoms with E-state index >= 15 is 0 Å². The third-order valence-corrected chi connectivity index (χ3v) is 2.78. The first-order valence-corrected chi connectivity index (χ1v) is 6.06. The van der Waals surface area contributed by atoms with Crippen molar-refractivity contribution in [3.8, 4) is 0 Å². The Balaban J connectivity index is 2.12. The van der Waals surface area contributed by atoms with Crippen LogP contribution in [0, 0.1) is 6.92 Å². The molecule has 1 aromatic heterocycles. The van der Waals surface area contributed by atoms with Gasteiger partial charge in [-0.1, -0.05) is 18.1 Å². The van der Waals surface area contributed by atoms with Crippen LogP contribution in [0.3, 0.4) is 0 Å². The van der Waals surface area contributed by atoms with Crippen LogP contribution in [0.25, 0.3) is 0 Å². The number of aromatic nitrogens is 2. The van der Waals surface area contributed by atoms with Gasteiger partial charge in [-0.3, -0.25) is 0 Å². The monoisotopic (exact) mass is 246 g/mol. The molecule has 5 nitrogen and oxygen atoms in total. The summed E-state index contributed by atoms with van der Waals surface area (Å²) in [6, 6.07) is 6.63. The number of rotatable bonds is 5. The Morgan fingerprint density at radius 2 is 2.11 bits per heavy atom. The number of anilines is 2. The number of benzene rings is 1. The highest BCUT2D eigenvalue weighted by atomic mass is 16.4. The zero-order chi connectivity index (χ0) is 13.0. The molecule has 96 valence electrons. The van der Waals surface area contributed by atoms with Crippen LogP contribution >= 0.6 is 0 Å². The molecule has 0 aliphatic rings. The highest BCUT2D eigenvalue weighted by Gasteiger charge is 2.06. The standard InChI is InChI=1S/C13H18N4O/c1-4-10-7-11(6-5-9(10)2)15-13-17-16-12(18-13)8-14-3/h5-7,14H,4,8H2,1-3H3,(H,15,17). The lowest BCUT2D eigenvalue weighted by Crippen LogP contribution is -2.04. The van der Waals surface area contributed by atoms with Crippen LogP contribution in [0.1, 0.15) is 23.9 Å². The molecule has 0 fully saturated rings. The molecule has 0 unspecified atom stereocenters. The average molecular weight is 246 g/mol. The summed E-state index contributed by atoms with van der Waals surface area (Å²) < 4.78 is 5.44. The van der Waals surface area contributed by atoms with Crippen LogP contribution < -0.4 is 10.6 Å². The number of nitrogens with one attached hydrogen (secondary N) is 2. The fraction of sp³-hybridized carbons (Fsp3) is 0.385. The topological polar surface area (TPSA) is 63.0 Å². The van der Waals surface area contributed by atoms with Gasteiger partial charge in [0.2, 0.25) is 5.89 Å². The molecule has 5 heteroatoms. The minimum atomic E-state index is 0.422. The van der Waals surface area contributed by atoms with Gasteiger partial charge in [0.15, 0.2) is 0 Å². The summed E-state index contributed by atoms with van der Waals surface area (Å²) in [4.78, 5) is 0. The molecule has 0 saturated carbocycles. The molecule has 0 amide bonds. The van der Waals surface area contributed by atoms with E-state index in [0.29, 0.717) is 18.5 Å². The van der Waals surface area contributed by atoms with E-state index in [1.54, 1.807) is 0 Å². The van der Waals surface area contributed by atoms with Crippen molar-refractivity contribution in [2.75, 3.05) is 12.4 Å². The van der Waals surface area contributed by atoms with Crippen LogP contribution in [0.15, 0.2) is 22.6 Å². The van der Waals surface area contributed by atoms with Crippen molar-refractivity contribution in [1.82, 2.24) is 15.5 Å². The maximum Gasteiger partial charge on any atom is 0.320 e. The van der Waals surface area contributed by atoms with Crippen molar-refractivity contribution in [3.05, 3.63) is 35.2 Å². The second-order valence-corrected chi connectivity index (χ2v) is 4.15. The summed E-state index contributed by atoms with van der Waals surface area (Å²) >= 11 is 0. The van der Waals surface area contributed by atoms with Crippen LogP contribution in [0.4, 0.5) is 11.7 Å². The smallest absolute Gasteiger partial charge is 0.320 e. The molecule has 0 saturated heterocycles. The lowest BCUT2D eigenvalue weighted by atomic mass is 10.1. The summed E-state index contributed by atoms with van der Waals surface area (Å²) in [5, 5.41) is 13.9. The SMILES string of the molecule is CCc1cc(Nc2nnc(CNC)o2)ccc1C.